The van der Waals surface area contributed by atoms with Gasteiger partial charge in [0.05, 0.1) is 36.6 Å². The molecule has 7 heteroatoms. The molecule has 0 spiro atoms. The predicted octanol–water partition coefficient (Wildman–Crippen LogP) is 5.95. The summed E-state index contributed by atoms with van der Waals surface area (Å²) < 4.78 is 17.6. The summed E-state index contributed by atoms with van der Waals surface area (Å²) in [4.78, 5) is 16.6. The Bertz CT molecular complexity index is 1070. The number of nitrogens with zero attached hydrogens (tertiary/aromatic N) is 1. The third kappa shape index (κ3) is 4.51. The number of aromatic carboxylic acids is 1. The van der Waals surface area contributed by atoms with Gasteiger partial charge >= 0.3 is 5.97 Å². The first-order valence-corrected chi connectivity index (χ1v) is 10.5. The van der Waals surface area contributed by atoms with Crippen molar-refractivity contribution in [2.24, 2.45) is 0 Å². The Morgan fingerprint density at radius 1 is 1.10 bits per heavy atom. The Morgan fingerprint density at radius 2 is 1.87 bits per heavy atom. The largest absolute Gasteiger partial charge is 0.494 e. The Balaban J connectivity index is 2.11. The van der Waals surface area contributed by atoms with Gasteiger partial charge in [-0.2, -0.15) is 0 Å². The summed E-state index contributed by atoms with van der Waals surface area (Å²) in [6, 6.07) is 10.4. The number of pyridine rings is 1. The number of methoxy groups -OCH3 is 2. The SMILES string of the molecule is CCCCCOc1c(Br)cc(-c2cc(C(=O)O)c3cccc(OC)c3n2)cc1OC. The van der Waals surface area contributed by atoms with Gasteiger partial charge in [0, 0.05) is 10.9 Å². The lowest BCUT2D eigenvalue weighted by Gasteiger charge is -2.15. The average molecular weight is 474 g/mol. The summed E-state index contributed by atoms with van der Waals surface area (Å²) in [5.41, 5.74) is 1.85. The number of aromatic nitrogens is 1. The summed E-state index contributed by atoms with van der Waals surface area (Å²) in [6.07, 6.45) is 3.17. The lowest BCUT2D eigenvalue weighted by atomic mass is 10.0. The first-order chi connectivity index (χ1) is 14.5. The molecule has 1 heterocycles. The maximum absolute atomic E-state index is 11.9. The minimum absolute atomic E-state index is 0.156. The second-order valence-electron chi connectivity index (χ2n) is 6.76. The number of unbranched alkanes of at least 4 members (excludes halogenated alkanes) is 2. The lowest BCUT2D eigenvalue weighted by Crippen LogP contribution is -2.02. The zero-order valence-electron chi connectivity index (χ0n) is 17.2. The molecule has 0 radical (unpaired) electrons. The van der Waals surface area contributed by atoms with E-state index in [-0.39, 0.29) is 5.56 Å². The van der Waals surface area contributed by atoms with Gasteiger partial charge in [0.2, 0.25) is 0 Å². The van der Waals surface area contributed by atoms with Crippen LogP contribution in [-0.2, 0) is 0 Å². The number of carboxylic acids is 1. The van der Waals surface area contributed by atoms with Crippen molar-refractivity contribution in [2.75, 3.05) is 20.8 Å². The molecule has 3 aromatic rings. The average Bonchev–Trinajstić information content (AvgIpc) is 2.75. The minimum Gasteiger partial charge on any atom is -0.494 e. The van der Waals surface area contributed by atoms with Crippen molar-refractivity contribution in [3.63, 3.8) is 0 Å². The molecule has 0 bridgehead atoms. The molecule has 1 N–H and O–H groups in total. The van der Waals surface area contributed by atoms with Crippen LogP contribution in [0, 0.1) is 0 Å². The quantitative estimate of drug-likeness (QED) is 0.387. The number of carbonyl (C=O) groups is 1. The van der Waals surface area contributed by atoms with Crippen LogP contribution in [-0.4, -0.2) is 36.9 Å². The predicted molar refractivity (Wildman–Crippen MR) is 120 cm³/mol. The number of fused-ring (bicyclic) bond motifs is 1. The highest BCUT2D eigenvalue weighted by Crippen LogP contribution is 2.40. The molecule has 6 nitrogen and oxygen atoms in total. The van der Waals surface area contributed by atoms with Crippen LogP contribution < -0.4 is 14.2 Å². The smallest absolute Gasteiger partial charge is 0.336 e. The summed E-state index contributed by atoms with van der Waals surface area (Å²) in [5.74, 6) is 0.654. The van der Waals surface area contributed by atoms with Gasteiger partial charge in [0.25, 0.3) is 0 Å². The zero-order valence-corrected chi connectivity index (χ0v) is 18.8. The molecule has 0 unspecified atom stereocenters. The first-order valence-electron chi connectivity index (χ1n) is 9.71. The van der Waals surface area contributed by atoms with Crippen LogP contribution in [0.1, 0.15) is 36.5 Å². The highest BCUT2D eigenvalue weighted by atomic mass is 79.9. The standard InChI is InChI=1S/C23H24BrNO5/c1-4-5-6-10-30-22-17(24)11-14(12-20(22)29-3)18-13-16(23(26)27)15-8-7-9-19(28-2)21(15)25-18/h7-9,11-13H,4-6,10H2,1-3H3,(H,26,27). The Morgan fingerprint density at radius 3 is 2.53 bits per heavy atom. The fourth-order valence-corrected chi connectivity index (χ4v) is 3.80. The van der Waals surface area contributed by atoms with E-state index >= 15 is 0 Å². The number of para-hydroxylation sites is 1. The number of rotatable bonds is 9. The van der Waals surface area contributed by atoms with Gasteiger partial charge in [-0.05, 0) is 46.6 Å². The van der Waals surface area contributed by atoms with E-state index in [4.69, 9.17) is 14.2 Å². The van der Waals surface area contributed by atoms with Gasteiger partial charge in [-0.3, -0.25) is 0 Å². The van der Waals surface area contributed by atoms with E-state index < -0.39 is 5.97 Å². The second kappa shape index (κ2) is 9.80. The van der Waals surface area contributed by atoms with Crippen LogP contribution in [0.15, 0.2) is 40.9 Å². The van der Waals surface area contributed by atoms with Crippen molar-refractivity contribution in [1.82, 2.24) is 4.98 Å². The van der Waals surface area contributed by atoms with Crippen LogP contribution in [0.4, 0.5) is 0 Å². The van der Waals surface area contributed by atoms with Crippen LogP contribution in [0.5, 0.6) is 17.2 Å². The van der Waals surface area contributed by atoms with Crippen LogP contribution in [0.3, 0.4) is 0 Å². The highest BCUT2D eigenvalue weighted by Gasteiger charge is 2.18. The summed E-state index contributed by atoms with van der Waals surface area (Å²) in [7, 11) is 3.11. The third-order valence-electron chi connectivity index (χ3n) is 4.77. The molecule has 3 rings (SSSR count). The third-order valence-corrected chi connectivity index (χ3v) is 5.36. The number of hydrogen-bond donors (Lipinski definition) is 1. The van der Waals surface area contributed by atoms with Gasteiger partial charge in [0.1, 0.15) is 11.3 Å². The molecule has 30 heavy (non-hydrogen) atoms. The monoisotopic (exact) mass is 473 g/mol. The van der Waals surface area contributed by atoms with E-state index in [0.29, 0.717) is 50.5 Å². The number of benzene rings is 2. The van der Waals surface area contributed by atoms with E-state index in [0.717, 1.165) is 19.3 Å². The highest BCUT2D eigenvalue weighted by molar-refractivity contribution is 9.10. The van der Waals surface area contributed by atoms with Crippen LogP contribution in [0.25, 0.3) is 22.2 Å². The van der Waals surface area contributed by atoms with Crippen molar-refractivity contribution in [3.05, 3.63) is 46.4 Å². The van der Waals surface area contributed by atoms with Crippen molar-refractivity contribution in [3.8, 4) is 28.5 Å². The minimum atomic E-state index is -1.03. The van der Waals surface area contributed by atoms with Gasteiger partial charge < -0.3 is 19.3 Å². The fraction of sp³-hybridized carbons (Fsp3) is 0.304. The Labute approximate surface area is 183 Å². The number of ether oxygens (including phenoxy) is 3. The normalized spacial score (nSPS) is 10.8. The number of carboxylic acid groups (broad SMARTS) is 1. The molecule has 0 saturated heterocycles. The number of halogens is 1. The molecule has 0 aliphatic heterocycles. The zero-order chi connectivity index (χ0) is 21.7. The van der Waals surface area contributed by atoms with Crippen LogP contribution >= 0.6 is 15.9 Å². The molecule has 0 amide bonds. The van der Waals surface area contributed by atoms with E-state index in [2.05, 4.69) is 27.8 Å². The van der Waals surface area contributed by atoms with Crippen molar-refractivity contribution in [2.45, 2.75) is 26.2 Å². The van der Waals surface area contributed by atoms with Crippen LogP contribution in [0.2, 0.25) is 0 Å². The van der Waals surface area contributed by atoms with E-state index in [1.165, 1.54) is 7.11 Å². The topological polar surface area (TPSA) is 77.9 Å². The van der Waals surface area contributed by atoms with Gasteiger partial charge in [-0.15, -0.1) is 0 Å². The van der Waals surface area contributed by atoms with Gasteiger partial charge in [-0.25, -0.2) is 9.78 Å². The summed E-state index contributed by atoms with van der Waals surface area (Å²) in [5, 5.41) is 10.3. The number of hydrogen-bond acceptors (Lipinski definition) is 5. The molecule has 0 atom stereocenters. The van der Waals surface area contributed by atoms with Crippen molar-refractivity contribution in [1.29, 1.82) is 0 Å². The molecular formula is C23H24BrNO5. The fourth-order valence-electron chi connectivity index (χ4n) is 3.25. The molecule has 0 saturated carbocycles. The summed E-state index contributed by atoms with van der Waals surface area (Å²) >= 11 is 3.56. The Kier molecular flexibility index (Phi) is 7.15. The maximum atomic E-state index is 11.9. The summed E-state index contributed by atoms with van der Waals surface area (Å²) in [6.45, 7) is 2.74. The molecule has 2 aromatic carbocycles. The molecule has 0 aliphatic rings. The van der Waals surface area contributed by atoms with E-state index in [9.17, 15) is 9.90 Å². The second-order valence-corrected chi connectivity index (χ2v) is 7.62. The van der Waals surface area contributed by atoms with E-state index in [1.54, 1.807) is 37.4 Å². The molecule has 0 fully saturated rings. The molecule has 1 aromatic heterocycles. The van der Waals surface area contributed by atoms with E-state index in [1.807, 2.05) is 6.07 Å². The first kappa shape index (κ1) is 21.9. The molecular weight excluding hydrogens is 450 g/mol. The molecule has 0 aliphatic carbocycles. The maximum Gasteiger partial charge on any atom is 0.336 e. The van der Waals surface area contributed by atoms with Gasteiger partial charge in [-0.1, -0.05) is 31.9 Å². The lowest BCUT2D eigenvalue weighted by molar-refractivity contribution is 0.0699. The molecule has 158 valence electrons. The Hall–Kier alpha value is -2.80. The van der Waals surface area contributed by atoms with Crippen molar-refractivity contribution >= 4 is 32.8 Å². The van der Waals surface area contributed by atoms with Gasteiger partial charge in [0.15, 0.2) is 11.5 Å². The van der Waals surface area contributed by atoms with Crippen molar-refractivity contribution < 1.29 is 24.1 Å².